The van der Waals surface area contributed by atoms with E-state index >= 15 is 0 Å². The molecule has 0 atom stereocenters. The van der Waals surface area contributed by atoms with Gasteiger partial charge in [0.15, 0.2) is 0 Å². The first kappa shape index (κ1) is 25.7. The molecular weight excluding hydrogens is 457 g/mol. The van der Waals surface area contributed by atoms with Crippen LogP contribution in [0, 0.1) is 20.8 Å². The van der Waals surface area contributed by atoms with Crippen LogP contribution >= 0.6 is 0 Å². The van der Waals surface area contributed by atoms with Gasteiger partial charge in [0.1, 0.15) is 5.82 Å². The molecule has 0 aliphatic rings. The Morgan fingerprint density at radius 1 is 0.750 bits per heavy atom. The summed E-state index contributed by atoms with van der Waals surface area (Å²) in [5, 5.41) is 0. The molecule has 5 heteroatoms. The second kappa shape index (κ2) is 10.7. The lowest BCUT2D eigenvalue weighted by atomic mass is 9.97. The number of nitrogens with zero attached hydrogens (tertiary/aromatic N) is 2. The summed E-state index contributed by atoms with van der Waals surface area (Å²) in [5.74, 6) is 0.632. The van der Waals surface area contributed by atoms with Gasteiger partial charge >= 0.3 is 6.18 Å². The van der Waals surface area contributed by atoms with Gasteiger partial charge in [-0.05, 0) is 85.7 Å². The second-order valence-corrected chi connectivity index (χ2v) is 9.62. The van der Waals surface area contributed by atoms with Crippen LogP contribution in [0.5, 0.6) is 0 Å². The van der Waals surface area contributed by atoms with Crippen molar-refractivity contribution < 1.29 is 13.2 Å². The van der Waals surface area contributed by atoms with Gasteiger partial charge in [0.25, 0.3) is 0 Å². The average Bonchev–Trinajstić information content (AvgIpc) is 3.22. The normalized spacial score (nSPS) is 11.8. The standard InChI is InChI=1S/C31H33F3N2/c1-5-6-7-8-9-24-10-12-25(13-11-24)27-18-21(2)29(22(3)19-27)36-20-23(4)35-30(36)26-14-16-28(17-15-26)31(32,33)34/h10-20H,5-9H2,1-4H3. The Morgan fingerprint density at radius 2 is 1.36 bits per heavy atom. The SMILES string of the molecule is CCCCCCc1ccc(-c2cc(C)c(-n3cc(C)nc3-c3ccc(C(F)(F)F)cc3)c(C)c2)cc1. The summed E-state index contributed by atoms with van der Waals surface area (Å²) in [4.78, 5) is 4.64. The molecule has 188 valence electrons. The number of benzene rings is 3. The highest BCUT2D eigenvalue weighted by atomic mass is 19.4. The summed E-state index contributed by atoms with van der Waals surface area (Å²) < 4.78 is 41.1. The highest BCUT2D eigenvalue weighted by Gasteiger charge is 2.30. The molecule has 36 heavy (non-hydrogen) atoms. The summed E-state index contributed by atoms with van der Waals surface area (Å²) >= 11 is 0. The number of unbranched alkanes of at least 4 members (excludes halogenated alkanes) is 3. The molecule has 4 aromatic rings. The Morgan fingerprint density at radius 3 is 1.94 bits per heavy atom. The van der Waals surface area contributed by atoms with Crippen molar-refractivity contribution in [1.29, 1.82) is 0 Å². The minimum absolute atomic E-state index is 0.632. The quantitative estimate of drug-likeness (QED) is 0.225. The third-order valence-electron chi connectivity index (χ3n) is 6.64. The van der Waals surface area contributed by atoms with Crippen LogP contribution in [0.15, 0.2) is 66.9 Å². The summed E-state index contributed by atoms with van der Waals surface area (Å²) in [6.07, 6.45) is 3.74. The van der Waals surface area contributed by atoms with Crippen molar-refractivity contribution in [3.63, 3.8) is 0 Å². The van der Waals surface area contributed by atoms with Gasteiger partial charge in [-0.2, -0.15) is 13.2 Å². The van der Waals surface area contributed by atoms with Gasteiger partial charge < -0.3 is 0 Å². The number of hydrogen-bond donors (Lipinski definition) is 0. The zero-order valence-electron chi connectivity index (χ0n) is 21.4. The molecule has 2 nitrogen and oxygen atoms in total. The number of hydrogen-bond acceptors (Lipinski definition) is 1. The molecule has 0 spiro atoms. The van der Waals surface area contributed by atoms with Crippen LogP contribution in [-0.4, -0.2) is 9.55 Å². The number of imidazole rings is 1. The minimum Gasteiger partial charge on any atom is -0.299 e. The van der Waals surface area contributed by atoms with Crippen LogP contribution < -0.4 is 0 Å². The van der Waals surface area contributed by atoms with Crippen LogP contribution in [0.25, 0.3) is 28.2 Å². The van der Waals surface area contributed by atoms with E-state index in [4.69, 9.17) is 0 Å². The molecule has 0 saturated carbocycles. The fraction of sp³-hybridized carbons (Fsp3) is 0.323. The second-order valence-electron chi connectivity index (χ2n) is 9.62. The Hall–Kier alpha value is -3.34. The maximum absolute atomic E-state index is 13.0. The van der Waals surface area contributed by atoms with Gasteiger partial charge in [0.2, 0.25) is 0 Å². The summed E-state index contributed by atoms with van der Waals surface area (Å²) in [5.41, 5.74) is 7.66. The van der Waals surface area contributed by atoms with Gasteiger partial charge in [-0.3, -0.25) is 4.57 Å². The lowest BCUT2D eigenvalue weighted by Crippen LogP contribution is -2.05. The smallest absolute Gasteiger partial charge is 0.299 e. The van der Waals surface area contributed by atoms with Crippen LogP contribution in [0.1, 0.15) is 60.6 Å². The van der Waals surface area contributed by atoms with Crippen molar-refractivity contribution in [3.8, 4) is 28.2 Å². The number of aryl methyl sites for hydroxylation is 4. The van der Waals surface area contributed by atoms with E-state index < -0.39 is 11.7 Å². The van der Waals surface area contributed by atoms with Crippen molar-refractivity contribution in [2.24, 2.45) is 0 Å². The molecular formula is C31H33F3N2. The Kier molecular flexibility index (Phi) is 7.67. The summed E-state index contributed by atoms with van der Waals surface area (Å²) in [6.45, 7) is 8.26. The average molecular weight is 491 g/mol. The summed E-state index contributed by atoms with van der Waals surface area (Å²) in [6, 6.07) is 18.4. The van der Waals surface area contributed by atoms with Gasteiger partial charge in [-0.25, -0.2) is 4.98 Å². The van der Waals surface area contributed by atoms with Gasteiger partial charge in [0, 0.05) is 11.8 Å². The fourth-order valence-corrected chi connectivity index (χ4v) is 4.80. The zero-order valence-corrected chi connectivity index (χ0v) is 21.4. The molecule has 0 aliphatic heterocycles. The molecule has 1 heterocycles. The van der Waals surface area contributed by atoms with E-state index in [0.29, 0.717) is 11.4 Å². The zero-order chi connectivity index (χ0) is 25.9. The van der Waals surface area contributed by atoms with Crippen LogP contribution in [-0.2, 0) is 12.6 Å². The number of rotatable bonds is 8. The summed E-state index contributed by atoms with van der Waals surface area (Å²) in [7, 11) is 0. The van der Waals surface area contributed by atoms with E-state index in [1.54, 1.807) is 0 Å². The largest absolute Gasteiger partial charge is 0.416 e. The van der Waals surface area contributed by atoms with E-state index in [1.165, 1.54) is 48.9 Å². The maximum Gasteiger partial charge on any atom is 0.416 e. The first-order valence-electron chi connectivity index (χ1n) is 12.6. The monoisotopic (exact) mass is 490 g/mol. The Labute approximate surface area is 211 Å². The topological polar surface area (TPSA) is 17.8 Å². The minimum atomic E-state index is -4.36. The van der Waals surface area contributed by atoms with Gasteiger partial charge in [-0.15, -0.1) is 0 Å². The molecule has 0 fully saturated rings. The first-order chi connectivity index (χ1) is 17.2. The molecule has 1 aromatic heterocycles. The fourth-order valence-electron chi connectivity index (χ4n) is 4.80. The van der Waals surface area contributed by atoms with Gasteiger partial charge in [0.05, 0.1) is 16.9 Å². The molecule has 0 aliphatic carbocycles. The third-order valence-corrected chi connectivity index (χ3v) is 6.64. The molecule has 4 rings (SSSR count). The van der Waals surface area contributed by atoms with Crippen LogP contribution in [0.3, 0.4) is 0 Å². The highest BCUT2D eigenvalue weighted by molar-refractivity contribution is 5.70. The van der Waals surface area contributed by atoms with E-state index in [9.17, 15) is 13.2 Å². The van der Waals surface area contributed by atoms with E-state index in [2.05, 4.69) is 62.2 Å². The van der Waals surface area contributed by atoms with E-state index in [1.807, 2.05) is 17.7 Å². The number of halogens is 3. The Balaban J connectivity index is 1.63. The Bertz CT molecular complexity index is 1290. The third kappa shape index (κ3) is 5.72. The van der Waals surface area contributed by atoms with Crippen molar-refractivity contribution >= 4 is 0 Å². The molecule has 0 radical (unpaired) electrons. The van der Waals surface area contributed by atoms with E-state index in [0.717, 1.165) is 46.6 Å². The van der Waals surface area contributed by atoms with Crippen molar-refractivity contribution in [1.82, 2.24) is 9.55 Å². The predicted molar refractivity (Wildman–Crippen MR) is 141 cm³/mol. The van der Waals surface area contributed by atoms with E-state index in [-0.39, 0.29) is 0 Å². The van der Waals surface area contributed by atoms with Gasteiger partial charge in [-0.1, -0.05) is 62.6 Å². The van der Waals surface area contributed by atoms with Crippen molar-refractivity contribution in [2.75, 3.05) is 0 Å². The lowest BCUT2D eigenvalue weighted by molar-refractivity contribution is -0.137. The molecule has 0 amide bonds. The number of aromatic nitrogens is 2. The van der Waals surface area contributed by atoms with Crippen LogP contribution in [0.2, 0.25) is 0 Å². The van der Waals surface area contributed by atoms with Crippen LogP contribution in [0.4, 0.5) is 13.2 Å². The molecule has 0 bridgehead atoms. The maximum atomic E-state index is 13.0. The number of alkyl halides is 3. The molecule has 0 unspecified atom stereocenters. The van der Waals surface area contributed by atoms with Crippen molar-refractivity contribution in [3.05, 3.63) is 94.8 Å². The first-order valence-corrected chi connectivity index (χ1v) is 12.6. The molecule has 3 aromatic carbocycles. The highest BCUT2D eigenvalue weighted by Crippen LogP contribution is 2.34. The lowest BCUT2D eigenvalue weighted by Gasteiger charge is -2.17. The predicted octanol–water partition coefficient (Wildman–Crippen LogP) is 9.27. The molecule has 0 saturated heterocycles. The van der Waals surface area contributed by atoms with Crippen molar-refractivity contribution in [2.45, 2.75) is 66.0 Å². The molecule has 0 N–H and O–H groups in total.